The summed E-state index contributed by atoms with van der Waals surface area (Å²) in [6.07, 6.45) is 5.34. The number of carbonyl (C=O) groups excluding carboxylic acids is 3. The minimum atomic E-state index is -4.46. The first-order valence-corrected chi connectivity index (χ1v) is 12.5. The molecule has 0 aromatic heterocycles. The Morgan fingerprint density at radius 3 is 2.34 bits per heavy atom. The second kappa shape index (κ2) is 11.2. The van der Waals surface area contributed by atoms with Crippen LogP contribution < -0.4 is 0 Å². The van der Waals surface area contributed by atoms with E-state index in [0.29, 0.717) is 17.2 Å². The summed E-state index contributed by atoms with van der Waals surface area (Å²) in [5.74, 6) is -2.01. The summed E-state index contributed by atoms with van der Waals surface area (Å²) in [7, 11) is 0. The van der Waals surface area contributed by atoms with Crippen LogP contribution in [0.15, 0.2) is 82.2 Å². The topological polar surface area (TPSA) is 63.7 Å². The molecule has 38 heavy (non-hydrogen) atoms. The smallest absolute Gasteiger partial charge is 0.416 e. The molecule has 0 bridgehead atoms. The molecule has 0 radical (unpaired) electrons. The van der Waals surface area contributed by atoms with Crippen molar-refractivity contribution in [2.45, 2.75) is 59.4 Å². The molecule has 0 fully saturated rings. The Morgan fingerprint density at radius 2 is 1.79 bits per heavy atom. The third-order valence-electron chi connectivity index (χ3n) is 6.44. The van der Waals surface area contributed by atoms with Gasteiger partial charge in [0.05, 0.1) is 10.6 Å². The maximum Gasteiger partial charge on any atom is 0.416 e. The Kier molecular flexibility index (Phi) is 8.56. The predicted octanol–water partition coefficient (Wildman–Crippen LogP) is 6.80. The number of benzene rings is 1. The number of rotatable bonds is 7. The van der Waals surface area contributed by atoms with Crippen molar-refractivity contribution in [2.75, 3.05) is 0 Å². The van der Waals surface area contributed by atoms with Crippen molar-refractivity contribution in [1.82, 2.24) is 4.90 Å². The molecule has 1 aliphatic heterocycles. The lowest BCUT2D eigenvalue weighted by Gasteiger charge is -2.35. The Morgan fingerprint density at radius 1 is 1.16 bits per heavy atom. The minimum absolute atomic E-state index is 0.0641. The zero-order chi connectivity index (χ0) is 28.4. The predicted molar refractivity (Wildman–Crippen MR) is 139 cm³/mol. The Labute approximate surface area is 225 Å². The molecular formula is C29H29ClF3NO4. The number of hydrogen-bond donors (Lipinski definition) is 0. The van der Waals surface area contributed by atoms with Gasteiger partial charge in [0.1, 0.15) is 0 Å². The van der Waals surface area contributed by atoms with Crippen LogP contribution in [0.1, 0.15) is 52.2 Å². The maximum atomic E-state index is 13.4. The first-order valence-electron chi connectivity index (χ1n) is 12.1. The number of hydrogen-bond acceptors (Lipinski definition) is 5. The maximum absolute atomic E-state index is 13.4. The monoisotopic (exact) mass is 547 g/mol. The van der Waals surface area contributed by atoms with Gasteiger partial charge in [0.15, 0.2) is 0 Å². The number of alkyl halides is 3. The molecule has 0 saturated carbocycles. The van der Waals surface area contributed by atoms with Crippen LogP contribution in [-0.4, -0.2) is 28.0 Å². The molecule has 202 valence electrons. The van der Waals surface area contributed by atoms with E-state index in [0.717, 1.165) is 31.1 Å². The van der Waals surface area contributed by atoms with E-state index in [1.807, 2.05) is 13.0 Å². The van der Waals surface area contributed by atoms with Gasteiger partial charge in [0.2, 0.25) is 17.2 Å². The summed E-state index contributed by atoms with van der Waals surface area (Å²) in [5, 5.41) is -0.244. The van der Waals surface area contributed by atoms with Gasteiger partial charge in [-0.25, -0.2) is 0 Å². The Bertz CT molecular complexity index is 1300. The van der Waals surface area contributed by atoms with Gasteiger partial charge >= 0.3 is 12.1 Å². The number of allylic oxidation sites excluding steroid dienone is 6. The van der Waals surface area contributed by atoms with Gasteiger partial charge in [-0.2, -0.15) is 13.2 Å². The van der Waals surface area contributed by atoms with Crippen LogP contribution in [0.2, 0.25) is 0 Å². The molecule has 0 saturated heterocycles. The van der Waals surface area contributed by atoms with Crippen LogP contribution in [0.5, 0.6) is 0 Å². The lowest BCUT2D eigenvalue weighted by molar-refractivity contribution is -0.167. The highest BCUT2D eigenvalue weighted by Crippen LogP contribution is 2.40. The lowest BCUT2D eigenvalue weighted by atomic mass is 9.79. The highest BCUT2D eigenvalue weighted by Gasteiger charge is 2.52. The van der Waals surface area contributed by atoms with Crippen molar-refractivity contribution in [3.05, 3.63) is 93.3 Å². The molecule has 3 rings (SSSR count). The fraction of sp³-hybridized carbons (Fsp3) is 0.345. The first kappa shape index (κ1) is 29.2. The molecule has 0 unspecified atom stereocenters. The normalized spacial score (nSPS) is 21.4. The SMILES string of the molecule is CC[C@H](C)/C=C(C)/C=C/C1=CC2=C(Cl)C(=O)[C@](C)(OC(C)=O)C(=O)C2=CN1Cc1ccc(C(F)(F)F)cc1. The van der Waals surface area contributed by atoms with Gasteiger partial charge < -0.3 is 9.64 Å². The molecular weight excluding hydrogens is 519 g/mol. The van der Waals surface area contributed by atoms with Gasteiger partial charge in [-0.1, -0.05) is 61.7 Å². The standard InChI is InChI=1S/C29H29ClF3NO4/c1-6-17(2)13-18(3)7-12-22-14-23-24(26(36)28(5,38-19(4)35)27(37)25(23)30)16-34(22)15-20-8-10-21(11-9-20)29(31,32)33/h7-14,16-17H,6,15H2,1-5H3/b12-7+,18-13+/t17-,28+/m0/s1. The average Bonchev–Trinajstić information content (AvgIpc) is 2.84. The second-order valence-electron chi connectivity index (χ2n) is 9.58. The number of halogens is 4. The molecule has 2 aliphatic rings. The van der Waals surface area contributed by atoms with Crippen molar-refractivity contribution >= 4 is 29.1 Å². The largest absolute Gasteiger partial charge is 0.443 e. The molecule has 1 aliphatic carbocycles. The molecule has 0 N–H and O–H groups in total. The third-order valence-corrected chi connectivity index (χ3v) is 6.81. The molecule has 9 heteroatoms. The van der Waals surface area contributed by atoms with E-state index in [-0.39, 0.29) is 22.7 Å². The minimum Gasteiger partial charge on any atom is -0.443 e. The number of nitrogens with zero attached hydrogens (tertiary/aromatic N) is 1. The second-order valence-corrected chi connectivity index (χ2v) is 9.95. The summed E-state index contributed by atoms with van der Waals surface area (Å²) >= 11 is 6.40. The van der Waals surface area contributed by atoms with E-state index in [4.69, 9.17) is 16.3 Å². The first-order chi connectivity index (χ1) is 17.7. The van der Waals surface area contributed by atoms with E-state index in [1.54, 1.807) is 17.1 Å². The van der Waals surface area contributed by atoms with Crippen LogP contribution in [0, 0.1) is 5.92 Å². The summed E-state index contributed by atoms with van der Waals surface area (Å²) in [4.78, 5) is 39.7. The number of fused-ring (bicyclic) bond motifs is 1. The highest BCUT2D eigenvalue weighted by molar-refractivity contribution is 6.49. The van der Waals surface area contributed by atoms with Crippen LogP contribution in [0.25, 0.3) is 0 Å². The van der Waals surface area contributed by atoms with Crippen molar-refractivity contribution in [3.8, 4) is 0 Å². The number of Topliss-reactive ketones (excluding diaryl/α,β-unsaturated/α-hetero) is 2. The zero-order valence-electron chi connectivity index (χ0n) is 21.8. The van der Waals surface area contributed by atoms with Gasteiger partial charge in [-0.3, -0.25) is 14.4 Å². The van der Waals surface area contributed by atoms with E-state index in [1.165, 1.54) is 25.3 Å². The third kappa shape index (κ3) is 6.18. The molecule has 2 atom stereocenters. The van der Waals surface area contributed by atoms with E-state index in [9.17, 15) is 27.6 Å². The molecule has 1 aromatic rings. The summed E-state index contributed by atoms with van der Waals surface area (Å²) in [6.45, 7) is 8.52. The van der Waals surface area contributed by atoms with Crippen molar-refractivity contribution in [3.63, 3.8) is 0 Å². The van der Waals surface area contributed by atoms with E-state index in [2.05, 4.69) is 19.9 Å². The Balaban J connectivity index is 2.08. The summed E-state index contributed by atoms with van der Waals surface area (Å²) in [5.41, 5.74) is -0.517. The molecule has 0 amide bonds. The van der Waals surface area contributed by atoms with Crippen LogP contribution in [0.4, 0.5) is 13.2 Å². The van der Waals surface area contributed by atoms with Gasteiger partial charge in [0.25, 0.3) is 0 Å². The Hall–Kier alpha value is -3.39. The van der Waals surface area contributed by atoms with E-state index >= 15 is 0 Å². The molecule has 1 heterocycles. The van der Waals surface area contributed by atoms with Gasteiger partial charge in [-0.15, -0.1) is 0 Å². The number of ether oxygens (including phenoxy) is 1. The van der Waals surface area contributed by atoms with Gasteiger partial charge in [-0.05, 0) is 49.6 Å². The van der Waals surface area contributed by atoms with Crippen molar-refractivity contribution in [1.29, 1.82) is 0 Å². The number of ketones is 2. The highest BCUT2D eigenvalue weighted by atomic mass is 35.5. The fourth-order valence-corrected chi connectivity index (χ4v) is 4.50. The summed E-state index contributed by atoms with van der Waals surface area (Å²) < 4.78 is 44.2. The van der Waals surface area contributed by atoms with Crippen LogP contribution in [-0.2, 0) is 31.8 Å². The van der Waals surface area contributed by atoms with Crippen molar-refractivity contribution in [2.24, 2.45) is 5.92 Å². The van der Waals surface area contributed by atoms with Crippen LogP contribution in [0.3, 0.4) is 0 Å². The molecule has 0 spiro atoms. The lowest BCUT2D eigenvalue weighted by Crippen LogP contribution is -2.51. The van der Waals surface area contributed by atoms with Crippen molar-refractivity contribution < 1.29 is 32.3 Å². The number of carbonyl (C=O) groups is 3. The van der Waals surface area contributed by atoms with Gasteiger partial charge in [0, 0.05) is 36.5 Å². The van der Waals surface area contributed by atoms with Crippen LogP contribution >= 0.6 is 11.6 Å². The molecule has 1 aromatic carbocycles. The fourth-order valence-electron chi connectivity index (χ4n) is 4.16. The quantitative estimate of drug-likeness (QED) is 0.213. The van der Waals surface area contributed by atoms with E-state index < -0.39 is 34.9 Å². The zero-order valence-corrected chi connectivity index (χ0v) is 22.5. The molecule has 5 nitrogen and oxygen atoms in total. The summed E-state index contributed by atoms with van der Waals surface area (Å²) in [6, 6.07) is 4.72. The average molecular weight is 548 g/mol. The number of esters is 1.